The zero-order valence-corrected chi connectivity index (χ0v) is 10.2. The van der Waals surface area contributed by atoms with Gasteiger partial charge in [-0.2, -0.15) is 10.1 Å². The number of anilines is 1. The molecule has 0 aliphatic rings. The second-order valence-electron chi connectivity index (χ2n) is 3.43. The molecule has 1 heterocycles. The van der Waals surface area contributed by atoms with Crippen molar-refractivity contribution in [3.8, 4) is 0 Å². The van der Waals surface area contributed by atoms with Crippen molar-refractivity contribution in [2.75, 3.05) is 5.01 Å². The molecule has 4 nitrogen and oxygen atoms in total. The summed E-state index contributed by atoms with van der Waals surface area (Å²) in [5, 5.41) is 4.53. The SMILES string of the molecule is O=C(Cl)N(/N=C/c1ccncc1)c1ccccc1. The van der Waals surface area contributed by atoms with Gasteiger partial charge < -0.3 is 0 Å². The lowest BCUT2D eigenvalue weighted by molar-refractivity contribution is 0.264. The van der Waals surface area contributed by atoms with Gasteiger partial charge in [-0.1, -0.05) is 18.2 Å². The summed E-state index contributed by atoms with van der Waals surface area (Å²) in [5.74, 6) is 0. The van der Waals surface area contributed by atoms with Crippen molar-refractivity contribution in [1.29, 1.82) is 0 Å². The van der Waals surface area contributed by atoms with Gasteiger partial charge in [-0.25, -0.2) is 0 Å². The highest BCUT2D eigenvalue weighted by Gasteiger charge is 2.10. The molecule has 0 saturated heterocycles. The third kappa shape index (κ3) is 3.15. The Kier molecular flexibility index (Phi) is 4.04. The number of hydrogen-bond donors (Lipinski definition) is 0. The Morgan fingerprint density at radius 3 is 2.44 bits per heavy atom. The van der Waals surface area contributed by atoms with Crippen LogP contribution in [0.2, 0.25) is 0 Å². The van der Waals surface area contributed by atoms with Crippen LogP contribution in [0.5, 0.6) is 0 Å². The van der Waals surface area contributed by atoms with Gasteiger partial charge in [-0.3, -0.25) is 9.78 Å². The van der Waals surface area contributed by atoms with Gasteiger partial charge in [-0.15, -0.1) is 0 Å². The number of carbonyl (C=O) groups is 1. The van der Waals surface area contributed by atoms with E-state index in [1.54, 1.807) is 42.9 Å². The van der Waals surface area contributed by atoms with Crippen LogP contribution in [-0.2, 0) is 0 Å². The Morgan fingerprint density at radius 1 is 1.17 bits per heavy atom. The molecule has 2 aromatic rings. The first-order valence-electron chi connectivity index (χ1n) is 5.26. The van der Waals surface area contributed by atoms with Crippen LogP contribution in [0.3, 0.4) is 0 Å². The maximum absolute atomic E-state index is 11.3. The smallest absolute Gasteiger partial charge is 0.265 e. The predicted octanol–water partition coefficient (Wildman–Crippen LogP) is 3.28. The van der Waals surface area contributed by atoms with Gasteiger partial charge >= 0.3 is 5.37 Å². The normalized spacial score (nSPS) is 10.5. The van der Waals surface area contributed by atoms with E-state index in [9.17, 15) is 4.79 Å². The monoisotopic (exact) mass is 259 g/mol. The molecule has 0 N–H and O–H groups in total. The molecular weight excluding hydrogens is 250 g/mol. The fourth-order valence-corrected chi connectivity index (χ4v) is 1.50. The van der Waals surface area contributed by atoms with E-state index in [0.29, 0.717) is 5.69 Å². The van der Waals surface area contributed by atoms with E-state index in [1.807, 2.05) is 18.2 Å². The average Bonchev–Trinajstić information content (AvgIpc) is 2.41. The number of hydrogen-bond acceptors (Lipinski definition) is 3. The van der Waals surface area contributed by atoms with Crippen LogP contribution in [0.15, 0.2) is 60.0 Å². The van der Waals surface area contributed by atoms with Gasteiger partial charge in [0.2, 0.25) is 0 Å². The van der Waals surface area contributed by atoms with Crippen LogP contribution in [0.25, 0.3) is 0 Å². The first kappa shape index (κ1) is 12.3. The standard InChI is InChI=1S/C13H10ClN3O/c14-13(18)17(12-4-2-1-3-5-12)16-10-11-6-8-15-9-7-11/h1-10H/b16-10+. The van der Waals surface area contributed by atoms with E-state index in [0.717, 1.165) is 10.6 Å². The number of para-hydroxylation sites is 1. The van der Waals surface area contributed by atoms with Crippen molar-refractivity contribution in [1.82, 2.24) is 4.98 Å². The predicted molar refractivity (Wildman–Crippen MR) is 72.0 cm³/mol. The lowest BCUT2D eigenvalue weighted by atomic mass is 10.3. The van der Waals surface area contributed by atoms with Gasteiger partial charge in [0.05, 0.1) is 11.9 Å². The van der Waals surface area contributed by atoms with E-state index in [1.165, 1.54) is 0 Å². The van der Waals surface area contributed by atoms with Crippen LogP contribution in [0.1, 0.15) is 5.56 Å². The summed E-state index contributed by atoms with van der Waals surface area (Å²) in [6.45, 7) is 0. The molecule has 0 aliphatic carbocycles. The van der Waals surface area contributed by atoms with E-state index in [4.69, 9.17) is 11.6 Å². The molecule has 0 aliphatic heterocycles. The van der Waals surface area contributed by atoms with Crippen LogP contribution in [0, 0.1) is 0 Å². The van der Waals surface area contributed by atoms with Crippen LogP contribution >= 0.6 is 11.6 Å². The number of aromatic nitrogens is 1. The maximum atomic E-state index is 11.3. The van der Waals surface area contributed by atoms with Crippen molar-refractivity contribution in [3.05, 3.63) is 60.4 Å². The highest BCUT2D eigenvalue weighted by atomic mass is 35.5. The molecule has 0 radical (unpaired) electrons. The first-order chi connectivity index (χ1) is 8.77. The Morgan fingerprint density at radius 2 is 1.83 bits per heavy atom. The zero-order valence-electron chi connectivity index (χ0n) is 9.40. The number of hydrazone groups is 1. The van der Waals surface area contributed by atoms with E-state index in [-0.39, 0.29) is 0 Å². The number of rotatable bonds is 3. The summed E-state index contributed by atoms with van der Waals surface area (Å²) in [4.78, 5) is 15.2. The second kappa shape index (κ2) is 5.93. The van der Waals surface area contributed by atoms with Crippen molar-refractivity contribution in [3.63, 3.8) is 0 Å². The molecule has 1 aromatic carbocycles. The molecule has 0 fully saturated rings. The van der Waals surface area contributed by atoms with Gasteiger partial charge in [0.25, 0.3) is 0 Å². The number of pyridine rings is 1. The first-order valence-corrected chi connectivity index (χ1v) is 5.64. The fourth-order valence-electron chi connectivity index (χ4n) is 1.36. The lowest BCUT2D eigenvalue weighted by Gasteiger charge is -2.12. The summed E-state index contributed by atoms with van der Waals surface area (Å²) >= 11 is 5.51. The molecule has 5 heteroatoms. The van der Waals surface area contributed by atoms with Gasteiger partial charge in [-0.05, 0) is 41.4 Å². The molecule has 0 bridgehead atoms. The topological polar surface area (TPSA) is 45.6 Å². The number of nitrogens with zero attached hydrogens (tertiary/aromatic N) is 3. The second-order valence-corrected chi connectivity index (χ2v) is 3.75. The van der Waals surface area contributed by atoms with Crippen LogP contribution in [-0.4, -0.2) is 16.6 Å². The molecule has 2 rings (SSSR count). The Labute approximate surface area is 110 Å². The van der Waals surface area contributed by atoms with Crippen molar-refractivity contribution in [2.45, 2.75) is 0 Å². The third-order valence-corrected chi connectivity index (χ3v) is 2.36. The molecule has 1 aromatic heterocycles. The lowest BCUT2D eigenvalue weighted by Crippen LogP contribution is -2.18. The molecule has 0 saturated carbocycles. The average molecular weight is 260 g/mol. The summed E-state index contributed by atoms with van der Waals surface area (Å²) in [5.41, 5.74) is 1.45. The molecule has 18 heavy (non-hydrogen) atoms. The Hall–Kier alpha value is -2.20. The van der Waals surface area contributed by atoms with Crippen molar-refractivity contribution in [2.24, 2.45) is 5.10 Å². The highest BCUT2D eigenvalue weighted by Crippen LogP contribution is 2.15. The molecule has 0 atom stereocenters. The Bertz CT molecular complexity index is 543. The molecule has 0 spiro atoms. The molecular formula is C13H10ClN3O. The van der Waals surface area contributed by atoms with Crippen molar-refractivity contribution >= 4 is 28.9 Å². The van der Waals surface area contributed by atoms with Crippen LogP contribution < -0.4 is 5.01 Å². The fraction of sp³-hybridized carbons (Fsp3) is 0. The largest absolute Gasteiger partial charge is 0.341 e. The molecule has 0 unspecified atom stereocenters. The van der Waals surface area contributed by atoms with Gasteiger partial charge in [0, 0.05) is 12.4 Å². The van der Waals surface area contributed by atoms with Gasteiger partial charge in [0.1, 0.15) is 0 Å². The zero-order chi connectivity index (χ0) is 12.8. The third-order valence-electron chi connectivity index (χ3n) is 2.20. The number of carbonyl (C=O) groups excluding carboxylic acids is 1. The summed E-state index contributed by atoms with van der Waals surface area (Å²) < 4.78 is 0. The summed E-state index contributed by atoms with van der Waals surface area (Å²) in [7, 11) is 0. The van der Waals surface area contributed by atoms with Crippen molar-refractivity contribution < 1.29 is 4.79 Å². The highest BCUT2D eigenvalue weighted by molar-refractivity contribution is 6.66. The van der Waals surface area contributed by atoms with E-state index in [2.05, 4.69) is 10.1 Å². The van der Waals surface area contributed by atoms with Crippen LogP contribution in [0.4, 0.5) is 10.5 Å². The quantitative estimate of drug-likeness (QED) is 0.367. The number of amides is 1. The van der Waals surface area contributed by atoms with E-state index < -0.39 is 5.37 Å². The Balaban J connectivity index is 2.23. The summed E-state index contributed by atoms with van der Waals surface area (Å²) in [6.07, 6.45) is 4.85. The number of benzene rings is 1. The minimum atomic E-state index is -0.661. The summed E-state index contributed by atoms with van der Waals surface area (Å²) in [6, 6.07) is 12.5. The number of halogens is 1. The van der Waals surface area contributed by atoms with Gasteiger partial charge in [0.15, 0.2) is 0 Å². The maximum Gasteiger partial charge on any atom is 0.341 e. The molecule has 90 valence electrons. The molecule has 1 amide bonds. The minimum Gasteiger partial charge on any atom is -0.265 e. The minimum absolute atomic E-state index is 0.614. The van der Waals surface area contributed by atoms with E-state index >= 15 is 0 Å².